The molecule has 0 bridgehead atoms. The van der Waals surface area contributed by atoms with Gasteiger partial charge in [0.05, 0.1) is 39.4 Å². The Balaban J connectivity index is 1.82. The predicted molar refractivity (Wildman–Crippen MR) is 123 cm³/mol. The average Bonchev–Trinajstić information content (AvgIpc) is 2.81. The van der Waals surface area contributed by atoms with Gasteiger partial charge in [-0.25, -0.2) is 0 Å². The maximum atomic E-state index is 12.8. The summed E-state index contributed by atoms with van der Waals surface area (Å²) in [4.78, 5) is 38.7. The molecule has 0 saturated carbocycles. The van der Waals surface area contributed by atoms with Gasteiger partial charge in [0.15, 0.2) is 0 Å². The van der Waals surface area contributed by atoms with Crippen molar-refractivity contribution in [2.24, 2.45) is 0 Å². The normalized spacial score (nSPS) is 10.6. The molecule has 0 aromatic heterocycles. The second-order valence-corrected chi connectivity index (χ2v) is 7.54. The van der Waals surface area contributed by atoms with Gasteiger partial charge < -0.3 is 24.4 Å². The van der Waals surface area contributed by atoms with Crippen molar-refractivity contribution in [2.75, 3.05) is 39.4 Å². The highest BCUT2D eigenvalue weighted by atomic mass is 16.5. The summed E-state index contributed by atoms with van der Waals surface area (Å²) in [6.07, 6.45) is -0.176. The maximum absolute atomic E-state index is 12.8. The summed E-state index contributed by atoms with van der Waals surface area (Å²) < 4.78 is 11.3. The molecule has 0 atom stereocenters. The molecule has 2 rings (SSSR count). The zero-order chi connectivity index (χ0) is 23.9. The molecule has 178 valence electrons. The van der Waals surface area contributed by atoms with Crippen LogP contribution >= 0.6 is 0 Å². The number of carboxylic acid groups (broad SMARTS) is 1. The molecule has 33 heavy (non-hydrogen) atoms. The number of hydrogen-bond acceptors (Lipinski definition) is 5. The fourth-order valence-corrected chi connectivity index (χ4v) is 3.08. The fraction of sp³-hybridized carbons (Fsp3) is 0.400. The number of carboxylic acids is 1. The van der Waals surface area contributed by atoms with E-state index in [1.54, 1.807) is 0 Å². The Kier molecular flexibility index (Phi) is 11.6. The Hall–Kier alpha value is -3.23. The molecule has 1 N–H and O–H groups in total. The van der Waals surface area contributed by atoms with Crippen LogP contribution in [-0.2, 0) is 37.1 Å². The summed E-state index contributed by atoms with van der Waals surface area (Å²) in [7, 11) is 0. The zero-order valence-electron chi connectivity index (χ0n) is 19.0. The molecule has 0 saturated heterocycles. The van der Waals surface area contributed by atoms with Crippen LogP contribution in [0.3, 0.4) is 0 Å². The van der Waals surface area contributed by atoms with E-state index < -0.39 is 5.97 Å². The monoisotopic (exact) mass is 456 g/mol. The number of carbonyl (C=O) groups is 3. The lowest BCUT2D eigenvalue weighted by molar-refractivity contribution is -0.142. The predicted octanol–water partition coefficient (Wildman–Crippen LogP) is 2.57. The van der Waals surface area contributed by atoms with E-state index in [9.17, 15) is 14.4 Å². The quantitative estimate of drug-likeness (QED) is 0.414. The van der Waals surface area contributed by atoms with Crippen LogP contribution in [0.5, 0.6) is 0 Å². The van der Waals surface area contributed by atoms with Crippen molar-refractivity contribution in [3.05, 3.63) is 71.8 Å². The molecule has 8 heteroatoms. The lowest BCUT2D eigenvalue weighted by Gasteiger charge is -2.26. The Morgan fingerprint density at radius 1 is 0.758 bits per heavy atom. The highest BCUT2D eigenvalue weighted by Gasteiger charge is 2.20. The number of nitrogens with zero attached hydrogens (tertiary/aromatic N) is 2. The van der Waals surface area contributed by atoms with Crippen LogP contribution in [0.1, 0.15) is 24.5 Å². The fourth-order valence-electron chi connectivity index (χ4n) is 3.08. The zero-order valence-corrected chi connectivity index (χ0v) is 19.0. The second-order valence-electron chi connectivity index (χ2n) is 7.54. The lowest BCUT2D eigenvalue weighted by atomic mass is 10.2. The number of aliphatic carboxylic acids is 1. The minimum Gasteiger partial charge on any atom is -0.481 e. The molecule has 0 unspecified atom stereocenters. The van der Waals surface area contributed by atoms with Gasteiger partial charge in [-0.15, -0.1) is 0 Å². The van der Waals surface area contributed by atoms with Crippen LogP contribution in [-0.4, -0.2) is 72.1 Å². The van der Waals surface area contributed by atoms with Crippen molar-refractivity contribution in [1.82, 2.24) is 9.80 Å². The summed E-state index contributed by atoms with van der Waals surface area (Å²) in [5, 5.41) is 9.02. The molecule has 0 radical (unpaired) electrons. The number of benzene rings is 2. The molecule has 0 fully saturated rings. The van der Waals surface area contributed by atoms with Gasteiger partial charge in [0.2, 0.25) is 11.8 Å². The Bertz CT molecular complexity index is 860. The number of amides is 2. The van der Waals surface area contributed by atoms with Crippen LogP contribution in [0, 0.1) is 0 Å². The third kappa shape index (κ3) is 10.8. The van der Waals surface area contributed by atoms with Gasteiger partial charge in [0, 0.05) is 26.6 Å². The Morgan fingerprint density at radius 2 is 1.24 bits per heavy atom. The molecule has 0 spiro atoms. The van der Waals surface area contributed by atoms with Crippen LogP contribution in [0.2, 0.25) is 0 Å². The van der Waals surface area contributed by atoms with E-state index in [0.717, 1.165) is 11.1 Å². The van der Waals surface area contributed by atoms with Crippen LogP contribution in [0.15, 0.2) is 60.7 Å². The molecule has 0 heterocycles. The van der Waals surface area contributed by atoms with Crippen LogP contribution in [0.25, 0.3) is 0 Å². The second kappa shape index (κ2) is 14.8. The minimum atomic E-state index is -0.990. The summed E-state index contributed by atoms with van der Waals surface area (Å²) in [6, 6.07) is 19.3. The standard InChI is InChI=1S/C25H32N2O6/c1-21(28)27(15-17-33-20-23-10-6-3-7-11-23)18-24(29)26(13-12-25(30)31)14-16-32-19-22-8-4-2-5-9-22/h2-11H,12-20H2,1H3,(H,30,31). The highest BCUT2D eigenvalue weighted by Crippen LogP contribution is 2.04. The molecular weight excluding hydrogens is 424 g/mol. The third-order valence-electron chi connectivity index (χ3n) is 4.95. The van der Waals surface area contributed by atoms with E-state index in [2.05, 4.69) is 0 Å². The smallest absolute Gasteiger partial charge is 0.305 e. The third-order valence-corrected chi connectivity index (χ3v) is 4.95. The molecular formula is C25H32N2O6. The SMILES string of the molecule is CC(=O)N(CCOCc1ccccc1)CC(=O)N(CCOCc1ccccc1)CCC(=O)O. The van der Waals surface area contributed by atoms with Crippen molar-refractivity contribution >= 4 is 17.8 Å². The highest BCUT2D eigenvalue weighted by molar-refractivity contribution is 5.84. The first-order chi connectivity index (χ1) is 16.0. The van der Waals surface area contributed by atoms with E-state index >= 15 is 0 Å². The van der Waals surface area contributed by atoms with Gasteiger partial charge >= 0.3 is 5.97 Å². The minimum absolute atomic E-state index is 0.0547. The maximum Gasteiger partial charge on any atom is 0.305 e. The van der Waals surface area contributed by atoms with E-state index in [0.29, 0.717) is 13.2 Å². The van der Waals surface area contributed by atoms with Crippen molar-refractivity contribution in [3.63, 3.8) is 0 Å². The van der Waals surface area contributed by atoms with Gasteiger partial charge in [-0.1, -0.05) is 60.7 Å². The van der Waals surface area contributed by atoms with Gasteiger partial charge in [-0.3, -0.25) is 14.4 Å². The first-order valence-corrected chi connectivity index (χ1v) is 10.9. The first kappa shape index (κ1) is 26.0. The molecule has 2 aromatic rings. The van der Waals surface area contributed by atoms with Gasteiger partial charge in [0.25, 0.3) is 0 Å². The summed E-state index contributed by atoms with van der Waals surface area (Å²) in [5.74, 6) is -1.56. The number of ether oxygens (including phenoxy) is 2. The van der Waals surface area contributed by atoms with Crippen LogP contribution < -0.4 is 0 Å². The molecule has 2 aromatic carbocycles. The van der Waals surface area contributed by atoms with E-state index in [4.69, 9.17) is 14.6 Å². The van der Waals surface area contributed by atoms with E-state index in [1.807, 2.05) is 60.7 Å². The largest absolute Gasteiger partial charge is 0.481 e. The van der Waals surface area contributed by atoms with Crippen molar-refractivity contribution < 1.29 is 29.0 Å². The van der Waals surface area contributed by atoms with Gasteiger partial charge in [0.1, 0.15) is 0 Å². The summed E-state index contributed by atoms with van der Waals surface area (Å²) in [5.41, 5.74) is 2.04. The van der Waals surface area contributed by atoms with Gasteiger partial charge in [-0.2, -0.15) is 0 Å². The van der Waals surface area contributed by atoms with Crippen molar-refractivity contribution in [3.8, 4) is 0 Å². The molecule has 0 aliphatic rings. The van der Waals surface area contributed by atoms with Crippen molar-refractivity contribution in [2.45, 2.75) is 26.6 Å². The summed E-state index contributed by atoms with van der Waals surface area (Å²) in [6.45, 7) is 3.21. The Labute approximate surface area is 194 Å². The topological polar surface area (TPSA) is 96.4 Å². The molecule has 2 amide bonds. The number of carbonyl (C=O) groups excluding carboxylic acids is 2. The summed E-state index contributed by atoms with van der Waals surface area (Å²) >= 11 is 0. The van der Waals surface area contributed by atoms with E-state index in [-0.39, 0.29) is 57.6 Å². The first-order valence-electron chi connectivity index (χ1n) is 10.9. The van der Waals surface area contributed by atoms with Crippen molar-refractivity contribution in [1.29, 1.82) is 0 Å². The van der Waals surface area contributed by atoms with E-state index in [1.165, 1.54) is 16.7 Å². The molecule has 8 nitrogen and oxygen atoms in total. The molecule has 0 aliphatic carbocycles. The number of hydrogen-bond donors (Lipinski definition) is 1. The van der Waals surface area contributed by atoms with Crippen LogP contribution in [0.4, 0.5) is 0 Å². The number of rotatable bonds is 15. The lowest BCUT2D eigenvalue weighted by Crippen LogP contribution is -2.45. The average molecular weight is 457 g/mol. The Morgan fingerprint density at radius 3 is 1.70 bits per heavy atom. The molecule has 0 aliphatic heterocycles. The van der Waals surface area contributed by atoms with Gasteiger partial charge in [-0.05, 0) is 11.1 Å².